The molecule has 8 heteroatoms. The van der Waals surface area contributed by atoms with Crippen LogP contribution >= 0.6 is 22.7 Å². The van der Waals surface area contributed by atoms with Crippen molar-refractivity contribution in [2.75, 3.05) is 9.80 Å². The molecule has 22 aromatic rings. The van der Waals surface area contributed by atoms with E-state index in [1.54, 1.807) is 0 Å². The zero-order valence-electron chi connectivity index (χ0n) is 56.1. The van der Waals surface area contributed by atoms with Crippen molar-refractivity contribution in [1.29, 1.82) is 0 Å². The molecule has 0 spiro atoms. The number of nitrogens with zero attached hydrogens (tertiary/aromatic N) is 4. The molecule has 488 valence electrons. The molecule has 0 amide bonds. The Morgan fingerprint density at radius 2 is 0.529 bits per heavy atom. The maximum absolute atomic E-state index is 2.43. The molecule has 22 rings (SSSR count). The Morgan fingerprint density at radius 1 is 0.192 bits per heavy atom. The van der Waals surface area contributed by atoms with Gasteiger partial charge in [-0.15, -0.1) is 0 Å². The fourth-order valence-corrected chi connectivity index (χ4v) is 22.7. The van der Waals surface area contributed by atoms with Gasteiger partial charge in [0.1, 0.15) is 0 Å². The Morgan fingerprint density at radius 3 is 1.04 bits per heavy atom. The summed E-state index contributed by atoms with van der Waals surface area (Å²) in [5.74, 6) is 0. The molecule has 104 heavy (non-hydrogen) atoms. The van der Waals surface area contributed by atoms with Crippen LogP contribution in [-0.2, 0) is 0 Å². The number of fused-ring (bicyclic) bond motifs is 18. The number of hydrogen-bond donors (Lipinski definition) is 0. The van der Waals surface area contributed by atoms with Crippen LogP contribution in [-0.4, -0.2) is 38.1 Å². The van der Waals surface area contributed by atoms with Crippen LogP contribution in [0.1, 0.15) is 0 Å². The van der Waals surface area contributed by atoms with Crippen LogP contribution in [0, 0.1) is 0 Å². The minimum Gasteiger partial charge on any atom is -0.0602 e. The Hall–Kier alpha value is -11.8. The van der Waals surface area contributed by atoms with Gasteiger partial charge in [0, 0.05) is 22.1 Å². The van der Waals surface area contributed by atoms with E-state index in [9.17, 15) is 0 Å². The van der Waals surface area contributed by atoms with Crippen LogP contribution in [0.3, 0.4) is 0 Å². The van der Waals surface area contributed by atoms with E-state index >= 15 is 0 Å². The fraction of sp³-hybridized carbons (Fsp3) is 0. The van der Waals surface area contributed by atoms with Gasteiger partial charge in [-0.2, -0.15) is 0 Å². The van der Waals surface area contributed by atoms with Gasteiger partial charge in [0.15, 0.2) is 0 Å². The zero-order valence-corrected chi connectivity index (χ0v) is 61.1. The first-order chi connectivity index (χ1) is 51.5. The van der Waals surface area contributed by atoms with Crippen LogP contribution in [0.2, 0.25) is 0 Å². The normalized spacial score (nSPS) is 11.8. The van der Waals surface area contributed by atoms with Crippen molar-refractivity contribution in [2.24, 2.45) is 0 Å². The standard InChI is InChI=1S/2C48H30N2SSe/c1-2-10-33(11-3-1)50-43-15-7-4-12-37(43)41-28-32(20-26-44(41)50)31-18-21-34(22-19-31)49(35-24-27-48-42(29-35)40-14-6-9-17-47(40)52-48)36-23-25-39-38-13-5-8-16-45(38)51-46(39)30-36;1-2-10-33(11-3-1)50-43-15-7-4-12-37(43)40-28-32(20-25-44(40)50)31-18-21-34(22-19-31)49(35-23-26-46-41(29-35)38-13-5-8-16-45(38)51-46)36-24-27-48-42(30-36)39-14-6-9-17-47(39)52-48/h2*1-30H. The first-order valence-corrected chi connectivity index (χ1v) is 40.2. The number of anilines is 6. The summed E-state index contributed by atoms with van der Waals surface area (Å²) in [6, 6.07) is 134. The zero-order chi connectivity index (χ0) is 68.3. The minimum absolute atomic E-state index is 0.333. The van der Waals surface area contributed by atoms with E-state index < -0.39 is 0 Å². The predicted molar refractivity (Wildman–Crippen MR) is 451 cm³/mol. The summed E-state index contributed by atoms with van der Waals surface area (Å²) in [5.41, 5.74) is 19.0. The average molecular weight is 1490 g/mol. The monoisotopic (exact) mass is 1490 g/mol. The molecule has 0 saturated heterocycles. The van der Waals surface area contributed by atoms with Gasteiger partial charge in [0.25, 0.3) is 0 Å². The van der Waals surface area contributed by atoms with Gasteiger partial charge >= 0.3 is 462 Å². The van der Waals surface area contributed by atoms with E-state index in [1.165, 1.54) is 173 Å². The van der Waals surface area contributed by atoms with Crippen molar-refractivity contribution < 1.29 is 0 Å². The average Bonchev–Trinajstić information content (AvgIpc) is 1.59. The first kappa shape index (κ1) is 60.9. The van der Waals surface area contributed by atoms with Gasteiger partial charge in [-0.25, -0.2) is 0 Å². The molecular weight excluding hydrogens is 1430 g/mol. The van der Waals surface area contributed by atoms with Gasteiger partial charge in [0.05, 0.1) is 22.1 Å². The number of hydrogen-bond acceptors (Lipinski definition) is 4. The van der Waals surface area contributed by atoms with Crippen molar-refractivity contribution in [2.45, 2.75) is 0 Å². The summed E-state index contributed by atoms with van der Waals surface area (Å²) >= 11 is 4.40. The second kappa shape index (κ2) is 25.0. The molecule has 4 nitrogen and oxygen atoms in total. The molecule has 0 fully saturated rings. The summed E-state index contributed by atoms with van der Waals surface area (Å²) < 4.78 is 15.9. The molecule has 0 N–H and O–H groups in total. The predicted octanol–water partition coefficient (Wildman–Crippen LogP) is 27.3. The topological polar surface area (TPSA) is 16.3 Å². The number of aromatic nitrogens is 2. The first-order valence-electron chi connectivity index (χ1n) is 35.2. The molecule has 0 saturated carbocycles. The molecular formula is C96H60N4S2Se2. The summed E-state index contributed by atoms with van der Waals surface area (Å²) in [7, 11) is 0. The summed E-state index contributed by atoms with van der Waals surface area (Å²) in [5, 5.41) is 15.8. The van der Waals surface area contributed by atoms with E-state index in [2.05, 4.69) is 383 Å². The molecule has 0 radical (unpaired) electrons. The Balaban J connectivity index is 0.000000134. The van der Waals surface area contributed by atoms with Crippen molar-refractivity contribution >= 4 is 208 Å². The van der Waals surface area contributed by atoms with Gasteiger partial charge in [-0.05, 0) is 36.4 Å². The second-order valence-electron chi connectivity index (χ2n) is 26.7. The second-order valence-corrected chi connectivity index (χ2v) is 33.4. The van der Waals surface area contributed by atoms with Crippen molar-refractivity contribution in [3.8, 4) is 33.6 Å². The molecule has 0 aliphatic rings. The van der Waals surface area contributed by atoms with Gasteiger partial charge in [-0.3, -0.25) is 0 Å². The summed E-state index contributed by atoms with van der Waals surface area (Å²) in [6.45, 7) is 0. The molecule has 0 atom stereocenters. The van der Waals surface area contributed by atoms with Crippen LogP contribution in [0.4, 0.5) is 34.1 Å². The summed E-state index contributed by atoms with van der Waals surface area (Å²) in [4.78, 5) is 4.86. The van der Waals surface area contributed by atoms with Crippen LogP contribution < -0.4 is 9.80 Å². The molecule has 16 aromatic carbocycles. The Labute approximate surface area is 619 Å². The van der Waals surface area contributed by atoms with Crippen molar-refractivity contribution in [3.05, 3.63) is 364 Å². The van der Waals surface area contributed by atoms with E-state index in [0.29, 0.717) is 29.0 Å². The Bertz CT molecular complexity index is 7000. The van der Waals surface area contributed by atoms with E-state index in [4.69, 9.17) is 0 Å². The number of rotatable bonds is 10. The smallest absolute Gasteiger partial charge is 0.0602 e. The third-order valence-electron chi connectivity index (χ3n) is 20.8. The molecule has 6 heterocycles. The van der Waals surface area contributed by atoms with Crippen molar-refractivity contribution in [3.63, 3.8) is 0 Å². The third kappa shape index (κ3) is 10.3. The van der Waals surface area contributed by atoms with E-state index in [-0.39, 0.29) is 0 Å². The Kier molecular flexibility index (Phi) is 14.7. The van der Waals surface area contributed by atoms with Gasteiger partial charge < -0.3 is 9.13 Å². The quantitative estimate of drug-likeness (QED) is 0.127. The molecule has 0 bridgehead atoms. The van der Waals surface area contributed by atoms with Gasteiger partial charge in [0.2, 0.25) is 0 Å². The third-order valence-corrected chi connectivity index (χ3v) is 27.9. The fourth-order valence-electron chi connectivity index (χ4n) is 15.9. The van der Waals surface area contributed by atoms with Crippen LogP contribution in [0.15, 0.2) is 364 Å². The van der Waals surface area contributed by atoms with Crippen LogP contribution in [0.5, 0.6) is 0 Å². The molecule has 0 aliphatic heterocycles. The van der Waals surface area contributed by atoms with E-state index in [1.807, 2.05) is 22.7 Å². The SMILES string of the molecule is c1ccc(-n2c3ccccc3c3cc(-c4ccc(N(c5ccc6c(c5)sc5ccccc56)c5ccc6[se]c7ccccc7c6c5)cc4)ccc32)cc1.c1ccc(-n2c3ccccc3c3cc(-c4ccc(N(c5ccc6sc7ccccc7c6c5)c5ccc6[se]c7ccccc7c6c5)cc4)ccc32)cc1. The van der Waals surface area contributed by atoms with E-state index in [0.717, 1.165) is 17.1 Å². The maximum atomic E-state index is 2.43. The number of para-hydroxylation sites is 4. The molecule has 0 aliphatic carbocycles. The van der Waals surface area contributed by atoms with Gasteiger partial charge in [-0.1, -0.05) is 72.8 Å². The minimum atomic E-state index is 0.333. The summed E-state index contributed by atoms with van der Waals surface area (Å²) in [6.07, 6.45) is 0. The van der Waals surface area contributed by atoms with Crippen molar-refractivity contribution in [1.82, 2.24) is 9.13 Å². The molecule has 6 aromatic heterocycles. The number of benzene rings is 16. The van der Waals surface area contributed by atoms with Crippen LogP contribution in [0.25, 0.3) is 156 Å². The number of thiophene rings is 2. The molecule has 0 unspecified atom stereocenters.